The zero-order chi connectivity index (χ0) is 14.5. The number of likely N-dealkylation sites (N-methyl/N-ethyl adjacent to an activating group) is 1. The third kappa shape index (κ3) is 3.38. The van der Waals surface area contributed by atoms with Crippen LogP contribution in [0.4, 0.5) is 0 Å². The summed E-state index contributed by atoms with van der Waals surface area (Å²) in [6.07, 6.45) is 0. The predicted octanol–water partition coefficient (Wildman–Crippen LogP) is 0.335. The Morgan fingerprint density at radius 1 is 1.50 bits per heavy atom. The molecule has 2 rings (SSSR count). The van der Waals surface area contributed by atoms with Crippen molar-refractivity contribution in [3.63, 3.8) is 0 Å². The van der Waals surface area contributed by atoms with Gasteiger partial charge in [-0.3, -0.25) is 9.59 Å². The van der Waals surface area contributed by atoms with E-state index in [4.69, 9.17) is 5.11 Å². The zero-order valence-electron chi connectivity index (χ0n) is 10.8. The first-order valence-corrected chi connectivity index (χ1v) is 6.84. The Labute approximate surface area is 118 Å². The molecule has 0 atom stereocenters. The molecule has 0 aliphatic carbocycles. The van der Waals surface area contributed by atoms with Crippen molar-refractivity contribution in [3.05, 3.63) is 16.8 Å². The summed E-state index contributed by atoms with van der Waals surface area (Å²) in [4.78, 5) is 24.9. The van der Waals surface area contributed by atoms with Crippen LogP contribution in [0, 0.1) is 0 Å². The van der Waals surface area contributed by atoms with Gasteiger partial charge in [-0.1, -0.05) is 0 Å². The SMILES string of the molecule is CCN(CC(=O)O)C(=O)Cn1nnc(-c2ccsc2)n1. The van der Waals surface area contributed by atoms with Gasteiger partial charge in [0.25, 0.3) is 0 Å². The maximum atomic E-state index is 11.9. The normalized spacial score (nSPS) is 10.4. The Morgan fingerprint density at radius 3 is 2.90 bits per heavy atom. The van der Waals surface area contributed by atoms with Crippen molar-refractivity contribution in [1.29, 1.82) is 0 Å². The molecule has 0 fully saturated rings. The average molecular weight is 295 g/mol. The minimum Gasteiger partial charge on any atom is -0.480 e. The molecule has 2 aromatic heterocycles. The first-order valence-electron chi connectivity index (χ1n) is 5.90. The minimum atomic E-state index is -1.05. The Kier molecular flexibility index (Phi) is 4.41. The fraction of sp³-hybridized carbons (Fsp3) is 0.364. The van der Waals surface area contributed by atoms with Gasteiger partial charge in [-0.05, 0) is 23.6 Å². The topological polar surface area (TPSA) is 101 Å². The Morgan fingerprint density at radius 2 is 2.30 bits per heavy atom. The summed E-state index contributed by atoms with van der Waals surface area (Å²) >= 11 is 1.52. The fourth-order valence-electron chi connectivity index (χ4n) is 1.58. The van der Waals surface area contributed by atoms with Crippen LogP contribution in [-0.2, 0) is 16.1 Å². The van der Waals surface area contributed by atoms with Gasteiger partial charge in [-0.15, -0.1) is 10.2 Å². The van der Waals surface area contributed by atoms with Crippen LogP contribution in [0.15, 0.2) is 16.8 Å². The zero-order valence-corrected chi connectivity index (χ0v) is 11.6. The predicted molar refractivity (Wildman–Crippen MR) is 71.0 cm³/mol. The van der Waals surface area contributed by atoms with Crippen LogP contribution in [0.5, 0.6) is 0 Å². The molecule has 2 heterocycles. The number of carbonyl (C=O) groups excluding carboxylic acids is 1. The van der Waals surface area contributed by atoms with Crippen molar-refractivity contribution in [2.24, 2.45) is 0 Å². The summed E-state index contributed by atoms with van der Waals surface area (Å²) in [7, 11) is 0. The average Bonchev–Trinajstić information content (AvgIpc) is 3.05. The molecule has 0 bridgehead atoms. The number of tetrazole rings is 1. The lowest BCUT2D eigenvalue weighted by molar-refractivity contribution is -0.144. The highest BCUT2D eigenvalue weighted by atomic mass is 32.1. The first kappa shape index (κ1) is 14.1. The quantitative estimate of drug-likeness (QED) is 0.824. The summed E-state index contributed by atoms with van der Waals surface area (Å²) in [5, 5.41) is 24.2. The number of carbonyl (C=O) groups is 2. The Hall–Kier alpha value is -2.29. The number of hydrogen-bond acceptors (Lipinski definition) is 6. The van der Waals surface area contributed by atoms with E-state index < -0.39 is 5.97 Å². The van der Waals surface area contributed by atoms with Gasteiger partial charge >= 0.3 is 5.97 Å². The van der Waals surface area contributed by atoms with E-state index in [0.29, 0.717) is 12.4 Å². The van der Waals surface area contributed by atoms with Gasteiger partial charge in [0.05, 0.1) is 0 Å². The molecule has 1 amide bonds. The lowest BCUT2D eigenvalue weighted by Crippen LogP contribution is -2.38. The molecule has 0 radical (unpaired) electrons. The molecule has 0 aromatic carbocycles. The van der Waals surface area contributed by atoms with Gasteiger partial charge in [-0.25, -0.2) is 0 Å². The molecule has 8 nitrogen and oxygen atoms in total. The summed E-state index contributed by atoms with van der Waals surface area (Å²) < 4.78 is 0. The van der Waals surface area contributed by atoms with Crippen LogP contribution in [0.25, 0.3) is 11.4 Å². The number of thiophene rings is 1. The maximum Gasteiger partial charge on any atom is 0.323 e. The number of nitrogens with zero attached hydrogens (tertiary/aromatic N) is 5. The standard InChI is InChI=1S/C11H13N5O3S/c1-2-15(6-10(18)19)9(17)5-16-13-11(12-14-16)8-3-4-20-7-8/h3-4,7H,2,5-6H2,1H3,(H,18,19). The highest BCUT2D eigenvalue weighted by Crippen LogP contribution is 2.16. The largest absolute Gasteiger partial charge is 0.480 e. The molecular formula is C11H13N5O3S. The smallest absolute Gasteiger partial charge is 0.323 e. The second kappa shape index (κ2) is 6.24. The van der Waals surface area contributed by atoms with Gasteiger partial charge in [0.1, 0.15) is 13.1 Å². The number of carboxylic acid groups (broad SMARTS) is 1. The van der Waals surface area contributed by atoms with Gasteiger partial charge in [0.2, 0.25) is 11.7 Å². The maximum absolute atomic E-state index is 11.9. The van der Waals surface area contributed by atoms with E-state index in [1.807, 2.05) is 16.8 Å². The third-order valence-corrected chi connectivity index (χ3v) is 3.25. The van der Waals surface area contributed by atoms with E-state index in [0.717, 1.165) is 5.56 Å². The van der Waals surface area contributed by atoms with E-state index in [-0.39, 0.29) is 19.0 Å². The van der Waals surface area contributed by atoms with Crippen molar-refractivity contribution in [2.75, 3.05) is 13.1 Å². The number of rotatable bonds is 6. The molecule has 0 saturated heterocycles. The van der Waals surface area contributed by atoms with Gasteiger partial charge in [0.15, 0.2) is 0 Å². The van der Waals surface area contributed by atoms with Crippen molar-refractivity contribution in [3.8, 4) is 11.4 Å². The lowest BCUT2D eigenvalue weighted by Gasteiger charge is -2.17. The van der Waals surface area contributed by atoms with Crippen LogP contribution >= 0.6 is 11.3 Å². The molecule has 2 aromatic rings. The van der Waals surface area contributed by atoms with Crippen molar-refractivity contribution >= 4 is 23.2 Å². The molecule has 0 spiro atoms. The second-order valence-corrected chi connectivity index (χ2v) is 4.74. The molecule has 0 saturated carbocycles. The summed E-state index contributed by atoms with van der Waals surface area (Å²) in [5.74, 6) is -0.963. The molecule has 9 heteroatoms. The van der Waals surface area contributed by atoms with E-state index in [9.17, 15) is 9.59 Å². The van der Waals surface area contributed by atoms with Crippen LogP contribution in [0.2, 0.25) is 0 Å². The van der Waals surface area contributed by atoms with Gasteiger partial charge in [-0.2, -0.15) is 16.1 Å². The molecule has 0 aliphatic heterocycles. The van der Waals surface area contributed by atoms with Crippen LogP contribution in [0.3, 0.4) is 0 Å². The fourth-order valence-corrected chi connectivity index (χ4v) is 2.21. The number of carboxylic acids is 1. The molecule has 0 unspecified atom stereocenters. The van der Waals surface area contributed by atoms with Crippen molar-refractivity contribution in [2.45, 2.75) is 13.5 Å². The van der Waals surface area contributed by atoms with Crippen molar-refractivity contribution in [1.82, 2.24) is 25.1 Å². The van der Waals surface area contributed by atoms with E-state index in [1.165, 1.54) is 21.0 Å². The summed E-state index contributed by atoms with van der Waals surface area (Å²) in [6.45, 7) is 1.57. The van der Waals surface area contributed by atoms with Crippen LogP contribution in [-0.4, -0.2) is 55.2 Å². The molecule has 106 valence electrons. The summed E-state index contributed by atoms with van der Waals surface area (Å²) in [5.41, 5.74) is 0.839. The van der Waals surface area contributed by atoms with E-state index in [2.05, 4.69) is 15.4 Å². The Balaban J connectivity index is 2.02. The summed E-state index contributed by atoms with van der Waals surface area (Å²) in [6, 6.07) is 1.86. The first-order chi connectivity index (χ1) is 9.60. The van der Waals surface area contributed by atoms with E-state index >= 15 is 0 Å². The molecule has 20 heavy (non-hydrogen) atoms. The number of aliphatic carboxylic acids is 1. The van der Waals surface area contributed by atoms with Crippen molar-refractivity contribution < 1.29 is 14.7 Å². The van der Waals surface area contributed by atoms with Gasteiger partial charge in [0, 0.05) is 17.5 Å². The monoisotopic (exact) mass is 295 g/mol. The van der Waals surface area contributed by atoms with Crippen LogP contribution in [0.1, 0.15) is 6.92 Å². The number of aromatic nitrogens is 4. The lowest BCUT2D eigenvalue weighted by atomic mass is 10.3. The molecule has 1 N–H and O–H groups in total. The minimum absolute atomic E-state index is 0.127. The third-order valence-electron chi connectivity index (χ3n) is 2.57. The second-order valence-electron chi connectivity index (χ2n) is 3.96. The highest BCUT2D eigenvalue weighted by molar-refractivity contribution is 7.08. The van der Waals surface area contributed by atoms with E-state index in [1.54, 1.807) is 6.92 Å². The molecular weight excluding hydrogens is 282 g/mol. The van der Waals surface area contributed by atoms with Gasteiger partial charge < -0.3 is 10.0 Å². The molecule has 0 aliphatic rings. The highest BCUT2D eigenvalue weighted by Gasteiger charge is 2.17. The number of hydrogen-bond donors (Lipinski definition) is 1. The number of amides is 1. The van der Waals surface area contributed by atoms with Crippen LogP contribution < -0.4 is 0 Å². The Bertz CT molecular complexity index is 595.